The van der Waals surface area contributed by atoms with Crippen LogP contribution in [0.15, 0.2) is 24.3 Å². The van der Waals surface area contributed by atoms with Gasteiger partial charge in [-0.25, -0.2) is 0 Å². The summed E-state index contributed by atoms with van der Waals surface area (Å²) in [5, 5.41) is 3.23. The normalized spacial score (nSPS) is 25.6. The predicted molar refractivity (Wildman–Crippen MR) is 96.0 cm³/mol. The van der Waals surface area contributed by atoms with Crippen LogP contribution in [0.5, 0.6) is 0 Å². The molecule has 1 saturated heterocycles. The van der Waals surface area contributed by atoms with Gasteiger partial charge in [-0.1, -0.05) is 45.0 Å². The second-order valence-electron chi connectivity index (χ2n) is 8.36. The second-order valence-corrected chi connectivity index (χ2v) is 8.36. The van der Waals surface area contributed by atoms with Crippen LogP contribution in [0.1, 0.15) is 50.8 Å². The van der Waals surface area contributed by atoms with Gasteiger partial charge in [0.15, 0.2) is 6.10 Å². The van der Waals surface area contributed by atoms with E-state index in [1.165, 1.54) is 0 Å². The zero-order valence-corrected chi connectivity index (χ0v) is 15.8. The highest BCUT2D eigenvalue weighted by Gasteiger charge is 2.54. The zero-order valence-electron chi connectivity index (χ0n) is 15.8. The number of hydrogen-bond donors (Lipinski definition) is 1. The molecule has 25 heavy (non-hydrogen) atoms. The molecule has 5 heteroatoms. The molecule has 1 aliphatic heterocycles. The van der Waals surface area contributed by atoms with Gasteiger partial charge in [0, 0.05) is 12.6 Å². The minimum atomic E-state index is -0.691. The highest BCUT2D eigenvalue weighted by molar-refractivity contribution is 5.87. The highest BCUT2D eigenvalue weighted by atomic mass is 16.5. The molecule has 136 valence electrons. The van der Waals surface area contributed by atoms with Gasteiger partial charge in [-0.05, 0) is 36.3 Å². The Labute approximate surface area is 149 Å². The van der Waals surface area contributed by atoms with Gasteiger partial charge in [0.25, 0.3) is 5.91 Å². The first-order chi connectivity index (χ1) is 11.7. The minimum absolute atomic E-state index is 0.00277. The predicted octanol–water partition coefficient (Wildman–Crippen LogP) is 2.59. The van der Waals surface area contributed by atoms with Gasteiger partial charge in [0.2, 0.25) is 5.91 Å². The number of likely N-dealkylation sites (N-methyl/N-ethyl adjacent to an activating group) is 1. The Hall–Kier alpha value is -1.88. The number of carbonyl (C=O) groups is 2. The molecule has 2 aliphatic rings. The molecule has 1 aliphatic carbocycles. The standard InChI is InChI=1S/C20H28N2O3/c1-13-8-6-7-9-14(13)16-17(25-12-15(23)22(16)5)18(24)21-20(10-11-20)19(2,3)4/h6-9,16-17H,10-12H2,1-5H3,(H,21,24)/t16-,17+/m1/s1. The SMILES string of the molecule is Cc1ccccc1[C@@H]1[C@@H](C(=O)NC2(C(C)(C)C)CC2)OCC(=O)N1C. The van der Waals surface area contributed by atoms with Crippen LogP contribution >= 0.6 is 0 Å². The summed E-state index contributed by atoms with van der Waals surface area (Å²) in [7, 11) is 1.75. The number of amides is 2. The summed E-state index contributed by atoms with van der Waals surface area (Å²) < 4.78 is 5.73. The third-order valence-corrected chi connectivity index (χ3v) is 5.80. The van der Waals surface area contributed by atoms with E-state index in [1.54, 1.807) is 11.9 Å². The molecule has 5 nitrogen and oxygen atoms in total. The number of hydrogen-bond acceptors (Lipinski definition) is 3. The average molecular weight is 344 g/mol. The fourth-order valence-electron chi connectivity index (χ4n) is 3.72. The van der Waals surface area contributed by atoms with Crippen LogP contribution in [0.2, 0.25) is 0 Å². The van der Waals surface area contributed by atoms with E-state index in [0.29, 0.717) is 0 Å². The summed E-state index contributed by atoms with van der Waals surface area (Å²) in [4.78, 5) is 26.9. The summed E-state index contributed by atoms with van der Waals surface area (Å²) in [6.45, 7) is 8.39. The Morgan fingerprint density at radius 1 is 1.28 bits per heavy atom. The molecule has 3 rings (SSSR count). The smallest absolute Gasteiger partial charge is 0.252 e. The maximum Gasteiger partial charge on any atom is 0.252 e. The van der Waals surface area contributed by atoms with E-state index in [-0.39, 0.29) is 29.4 Å². The molecular formula is C20H28N2O3. The first kappa shape index (κ1) is 17.9. The summed E-state index contributed by atoms with van der Waals surface area (Å²) in [6, 6.07) is 7.45. The van der Waals surface area contributed by atoms with Crippen molar-refractivity contribution < 1.29 is 14.3 Å². The Balaban J connectivity index is 1.89. The molecule has 0 bridgehead atoms. The molecule has 0 spiro atoms. The third-order valence-electron chi connectivity index (χ3n) is 5.80. The van der Waals surface area contributed by atoms with Crippen LogP contribution in [0.3, 0.4) is 0 Å². The summed E-state index contributed by atoms with van der Waals surface area (Å²) in [5.74, 6) is -0.228. The number of rotatable bonds is 3. The number of morpholine rings is 1. The van der Waals surface area contributed by atoms with Crippen molar-refractivity contribution in [2.45, 2.75) is 58.2 Å². The van der Waals surface area contributed by atoms with E-state index < -0.39 is 12.1 Å². The Morgan fingerprint density at radius 3 is 2.48 bits per heavy atom. The van der Waals surface area contributed by atoms with E-state index in [0.717, 1.165) is 24.0 Å². The van der Waals surface area contributed by atoms with Crippen molar-refractivity contribution in [3.05, 3.63) is 35.4 Å². The number of nitrogens with zero attached hydrogens (tertiary/aromatic N) is 1. The van der Waals surface area contributed by atoms with Crippen molar-refractivity contribution in [2.24, 2.45) is 5.41 Å². The van der Waals surface area contributed by atoms with Gasteiger partial charge >= 0.3 is 0 Å². The minimum Gasteiger partial charge on any atom is -0.356 e. The number of nitrogens with one attached hydrogen (secondary N) is 1. The lowest BCUT2D eigenvalue weighted by Crippen LogP contribution is -2.57. The lowest BCUT2D eigenvalue weighted by atomic mass is 9.83. The van der Waals surface area contributed by atoms with E-state index in [9.17, 15) is 9.59 Å². The van der Waals surface area contributed by atoms with E-state index in [2.05, 4.69) is 26.1 Å². The van der Waals surface area contributed by atoms with Crippen molar-refractivity contribution in [1.82, 2.24) is 10.2 Å². The van der Waals surface area contributed by atoms with Crippen LogP contribution in [-0.2, 0) is 14.3 Å². The largest absolute Gasteiger partial charge is 0.356 e. The van der Waals surface area contributed by atoms with Gasteiger partial charge < -0.3 is 15.0 Å². The van der Waals surface area contributed by atoms with Crippen LogP contribution in [0, 0.1) is 12.3 Å². The molecule has 1 N–H and O–H groups in total. The third kappa shape index (κ3) is 3.17. The van der Waals surface area contributed by atoms with E-state index in [1.807, 2.05) is 31.2 Å². The van der Waals surface area contributed by atoms with Crippen molar-refractivity contribution in [1.29, 1.82) is 0 Å². The molecule has 1 aromatic rings. The number of benzene rings is 1. The summed E-state index contributed by atoms with van der Waals surface area (Å²) in [5.41, 5.74) is 1.84. The molecule has 2 atom stereocenters. The second kappa shape index (κ2) is 6.13. The van der Waals surface area contributed by atoms with Crippen molar-refractivity contribution in [3.8, 4) is 0 Å². The summed E-state index contributed by atoms with van der Waals surface area (Å²) >= 11 is 0. The van der Waals surface area contributed by atoms with Gasteiger partial charge in [0.05, 0.1) is 6.04 Å². The Kier molecular flexibility index (Phi) is 4.40. The molecule has 2 amide bonds. The molecule has 2 fully saturated rings. The topological polar surface area (TPSA) is 58.6 Å². The maximum absolute atomic E-state index is 13.1. The van der Waals surface area contributed by atoms with Gasteiger partial charge in [-0.2, -0.15) is 0 Å². The van der Waals surface area contributed by atoms with Crippen molar-refractivity contribution in [3.63, 3.8) is 0 Å². The van der Waals surface area contributed by atoms with Gasteiger partial charge in [-0.15, -0.1) is 0 Å². The lowest BCUT2D eigenvalue weighted by molar-refractivity contribution is -0.163. The Morgan fingerprint density at radius 2 is 1.92 bits per heavy atom. The van der Waals surface area contributed by atoms with Crippen LogP contribution in [0.4, 0.5) is 0 Å². The molecule has 0 radical (unpaired) electrons. The summed E-state index contributed by atoms with van der Waals surface area (Å²) in [6.07, 6.45) is 1.28. The number of ether oxygens (including phenoxy) is 1. The quantitative estimate of drug-likeness (QED) is 0.917. The van der Waals surface area contributed by atoms with Crippen molar-refractivity contribution in [2.75, 3.05) is 13.7 Å². The number of aryl methyl sites for hydroxylation is 1. The first-order valence-corrected chi connectivity index (χ1v) is 8.91. The fraction of sp³-hybridized carbons (Fsp3) is 0.600. The van der Waals surface area contributed by atoms with E-state index >= 15 is 0 Å². The van der Waals surface area contributed by atoms with Crippen molar-refractivity contribution >= 4 is 11.8 Å². The molecule has 1 aromatic carbocycles. The Bertz CT molecular complexity index is 688. The molecule has 1 heterocycles. The maximum atomic E-state index is 13.1. The fourth-order valence-corrected chi connectivity index (χ4v) is 3.72. The van der Waals surface area contributed by atoms with E-state index in [4.69, 9.17) is 4.74 Å². The molecular weight excluding hydrogens is 316 g/mol. The molecule has 1 saturated carbocycles. The lowest BCUT2D eigenvalue weighted by Gasteiger charge is -2.40. The zero-order chi connectivity index (χ0) is 18.4. The van der Waals surface area contributed by atoms with Gasteiger partial charge in [0.1, 0.15) is 6.61 Å². The average Bonchev–Trinajstić information content (AvgIpc) is 3.31. The van der Waals surface area contributed by atoms with Crippen LogP contribution < -0.4 is 5.32 Å². The van der Waals surface area contributed by atoms with Crippen LogP contribution in [-0.4, -0.2) is 42.0 Å². The van der Waals surface area contributed by atoms with Crippen LogP contribution in [0.25, 0.3) is 0 Å². The highest BCUT2D eigenvalue weighted by Crippen LogP contribution is 2.49. The van der Waals surface area contributed by atoms with Gasteiger partial charge in [-0.3, -0.25) is 9.59 Å². The monoisotopic (exact) mass is 344 g/mol. The number of carbonyl (C=O) groups excluding carboxylic acids is 2. The first-order valence-electron chi connectivity index (χ1n) is 8.91. The molecule has 0 unspecified atom stereocenters. The molecule has 0 aromatic heterocycles.